The number of urea groups is 1. The van der Waals surface area contributed by atoms with Crippen LogP contribution in [0, 0.1) is 0 Å². The fourth-order valence-electron chi connectivity index (χ4n) is 3.87. The van der Waals surface area contributed by atoms with E-state index in [-0.39, 0.29) is 37.5 Å². The topological polar surface area (TPSA) is 275 Å². The molecule has 0 fully saturated rings. The summed E-state index contributed by atoms with van der Waals surface area (Å²) < 4.78 is 0. The highest BCUT2D eigenvalue weighted by atomic mass is 16.4. The molecule has 0 bridgehead atoms. The second kappa shape index (κ2) is 22.7. The van der Waals surface area contributed by atoms with Crippen LogP contribution in [-0.2, 0) is 28.8 Å². The van der Waals surface area contributed by atoms with Gasteiger partial charge in [0.05, 0.1) is 0 Å². The minimum Gasteiger partial charge on any atom is -0.481 e. The van der Waals surface area contributed by atoms with Crippen molar-refractivity contribution in [1.29, 1.82) is 0 Å². The van der Waals surface area contributed by atoms with Gasteiger partial charge in [0.1, 0.15) is 18.1 Å². The van der Waals surface area contributed by atoms with Crippen LogP contribution in [0.2, 0.25) is 0 Å². The maximum atomic E-state index is 12.0. The third-order valence-electron chi connectivity index (χ3n) is 6.23. The number of hydrogen-bond acceptors (Lipinski definition) is 8. The summed E-state index contributed by atoms with van der Waals surface area (Å²) in [5, 5.41) is 45.7. The van der Waals surface area contributed by atoms with Gasteiger partial charge in [0, 0.05) is 25.8 Å². The number of carbonyl (C=O) groups excluding carboxylic acids is 3. The lowest BCUT2D eigenvalue weighted by atomic mass is 10.1. The molecule has 0 rings (SSSR count). The van der Waals surface area contributed by atoms with Crippen LogP contribution in [0.4, 0.5) is 4.79 Å². The maximum absolute atomic E-state index is 12.0. The Morgan fingerprint density at radius 3 is 1.50 bits per heavy atom. The van der Waals surface area contributed by atoms with Crippen molar-refractivity contribution in [1.82, 2.24) is 21.3 Å². The molecule has 0 aliphatic rings. The average Bonchev–Trinajstić information content (AvgIpc) is 2.91. The Labute approximate surface area is 244 Å². The maximum Gasteiger partial charge on any atom is 0.326 e. The van der Waals surface area contributed by atoms with Crippen molar-refractivity contribution < 1.29 is 54.0 Å². The summed E-state index contributed by atoms with van der Waals surface area (Å²) in [6.45, 7) is 0.758. The Kier molecular flexibility index (Phi) is 20.6. The van der Waals surface area contributed by atoms with E-state index in [1.165, 1.54) is 0 Å². The van der Waals surface area contributed by atoms with Gasteiger partial charge in [0.2, 0.25) is 11.8 Å². The molecule has 0 aliphatic carbocycles. The Hall–Kier alpha value is -3.95. The van der Waals surface area contributed by atoms with E-state index in [1.54, 1.807) is 0 Å². The third kappa shape index (κ3) is 20.0. The van der Waals surface area contributed by atoms with E-state index >= 15 is 0 Å². The number of carbonyl (C=O) groups is 7. The predicted molar refractivity (Wildman–Crippen MR) is 148 cm³/mol. The summed E-state index contributed by atoms with van der Waals surface area (Å²) in [6.07, 6.45) is 4.66. The van der Waals surface area contributed by atoms with Crippen LogP contribution in [0.15, 0.2) is 0 Å². The van der Waals surface area contributed by atoms with E-state index in [2.05, 4.69) is 21.3 Å². The first-order valence-electron chi connectivity index (χ1n) is 14.1. The van der Waals surface area contributed by atoms with Crippen LogP contribution in [-0.4, -0.2) is 93.4 Å². The van der Waals surface area contributed by atoms with Gasteiger partial charge in [-0.25, -0.2) is 19.2 Å². The molecule has 3 atom stereocenters. The first-order chi connectivity index (χ1) is 19.9. The number of amides is 4. The van der Waals surface area contributed by atoms with Gasteiger partial charge in [-0.3, -0.25) is 14.4 Å². The van der Waals surface area contributed by atoms with Crippen LogP contribution in [0.1, 0.15) is 89.9 Å². The lowest BCUT2D eigenvalue weighted by molar-refractivity contribution is -0.142. The molecular weight excluding hydrogens is 558 g/mol. The summed E-state index contributed by atoms with van der Waals surface area (Å²) in [6, 6.07) is -4.76. The Balaban J connectivity index is 4.10. The van der Waals surface area contributed by atoms with E-state index in [0.717, 1.165) is 0 Å². The number of carboxylic acids is 4. The second-order valence-electron chi connectivity index (χ2n) is 9.83. The second-order valence-corrected chi connectivity index (χ2v) is 9.83. The molecule has 0 spiro atoms. The molecule has 16 nitrogen and oxygen atoms in total. The van der Waals surface area contributed by atoms with E-state index in [1.807, 2.05) is 0 Å². The van der Waals surface area contributed by atoms with Gasteiger partial charge in [-0.1, -0.05) is 12.8 Å². The van der Waals surface area contributed by atoms with Gasteiger partial charge in [-0.05, 0) is 64.3 Å². The van der Waals surface area contributed by atoms with Gasteiger partial charge in [-0.15, -0.1) is 0 Å². The molecule has 0 saturated carbocycles. The Morgan fingerprint density at radius 2 is 1.00 bits per heavy atom. The number of unbranched alkanes of at least 4 members (excludes halogenated alkanes) is 5. The highest BCUT2D eigenvalue weighted by molar-refractivity contribution is 5.86. The van der Waals surface area contributed by atoms with Crippen LogP contribution in [0.25, 0.3) is 0 Å². The molecule has 0 aliphatic heterocycles. The van der Waals surface area contributed by atoms with E-state index < -0.39 is 54.5 Å². The van der Waals surface area contributed by atoms with Crippen LogP contribution < -0.4 is 27.0 Å². The highest BCUT2D eigenvalue weighted by Crippen LogP contribution is 2.08. The van der Waals surface area contributed by atoms with Crippen molar-refractivity contribution >= 4 is 41.7 Å². The smallest absolute Gasteiger partial charge is 0.326 e. The number of hydrogen-bond donors (Lipinski definition) is 9. The molecule has 240 valence electrons. The van der Waals surface area contributed by atoms with Crippen molar-refractivity contribution in [2.45, 2.75) is 108 Å². The number of carboxylic acid groups (broad SMARTS) is 4. The van der Waals surface area contributed by atoms with Gasteiger partial charge >= 0.3 is 29.9 Å². The molecule has 0 saturated heterocycles. The van der Waals surface area contributed by atoms with Gasteiger partial charge < -0.3 is 47.4 Å². The van der Waals surface area contributed by atoms with Gasteiger partial charge in [0.15, 0.2) is 0 Å². The van der Waals surface area contributed by atoms with E-state index in [0.29, 0.717) is 70.9 Å². The zero-order valence-corrected chi connectivity index (χ0v) is 23.8. The summed E-state index contributed by atoms with van der Waals surface area (Å²) in [7, 11) is 0. The number of nitrogens with one attached hydrogen (secondary N) is 4. The summed E-state index contributed by atoms with van der Waals surface area (Å²) in [5.74, 6) is -5.59. The van der Waals surface area contributed by atoms with Crippen LogP contribution in [0.5, 0.6) is 0 Å². The van der Waals surface area contributed by atoms with Crippen molar-refractivity contribution in [2.75, 3.05) is 13.1 Å². The normalized spacial score (nSPS) is 12.8. The first-order valence-corrected chi connectivity index (χ1v) is 14.1. The monoisotopic (exact) mass is 603 g/mol. The third-order valence-corrected chi connectivity index (χ3v) is 6.23. The molecule has 0 radical (unpaired) electrons. The molecular formula is C26H45N5O11. The zero-order valence-electron chi connectivity index (χ0n) is 23.8. The fraction of sp³-hybridized carbons (Fsp3) is 0.731. The van der Waals surface area contributed by atoms with Crippen molar-refractivity contribution in [2.24, 2.45) is 5.73 Å². The fourth-order valence-corrected chi connectivity index (χ4v) is 3.87. The first kappa shape index (κ1) is 38.0. The van der Waals surface area contributed by atoms with Crippen molar-refractivity contribution in [3.05, 3.63) is 0 Å². The van der Waals surface area contributed by atoms with Crippen molar-refractivity contribution in [3.8, 4) is 0 Å². The molecule has 42 heavy (non-hydrogen) atoms. The minimum atomic E-state index is -1.49. The molecule has 3 unspecified atom stereocenters. The zero-order chi connectivity index (χ0) is 31.9. The average molecular weight is 604 g/mol. The van der Waals surface area contributed by atoms with Gasteiger partial charge in [0.25, 0.3) is 0 Å². The number of nitrogens with two attached hydrogens (primary N) is 1. The molecule has 4 amide bonds. The Bertz CT molecular complexity index is 900. The van der Waals surface area contributed by atoms with Crippen LogP contribution >= 0.6 is 0 Å². The SMILES string of the molecule is NCCCCC(NC(=O)CCCCCCC(=O)NCCCCC(NC(=O)NC(CCC(=O)O)C(=O)O)C(=O)O)C(=O)O. The highest BCUT2D eigenvalue weighted by Gasteiger charge is 2.25. The Morgan fingerprint density at radius 1 is 0.524 bits per heavy atom. The van der Waals surface area contributed by atoms with Crippen LogP contribution in [0.3, 0.4) is 0 Å². The summed E-state index contributed by atoms with van der Waals surface area (Å²) in [5.41, 5.74) is 5.40. The minimum absolute atomic E-state index is 0.0278. The summed E-state index contributed by atoms with van der Waals surface area (Å²) >= 11 is 0. The standard InChI is InChI=1S/C26H45N5O11/c27-15-7-5-9-17(23(36)37)29-21(33)12-4-2-1-3-11-20(32)28-16-8-6-10-18(24(38)39)30-26(42)31-19(25(40)41)13-14-22(34)35/h17-19H,1-16,27H2,(H,28,32)(H,29,33)(H,34,35)(H,36,37)(H,38,39)(H,40,41)(H2,30,31,42). The molecule has 10 N–H and O–H groups in total. The quantitative estimate of drug-likeness (QED) is 0.0641. The molecule has 0 aromatic rings. The molecule has 0 aromatic carbocycles. The molecule has 16 heteroatoms. The predicted octanol–water partition coefficient (Wildman–Crippen LogP) is 0.382. The summed E-state index contributed by atoms with van der Waals surface area (Å²) in [4.78, 5) is 80.5. The van der Waals surface area contributed by atoms with Crippen molar-refractivity contribution in [3.63, 3.8) is 0 Å². The van der Waals surface area contributed by atoms with E-state index in [4.69, 9.17) is 15.9 Å². The lowest BCUT2D eigenvalue weighted by Gasteiger charge is -2.18. The van der Waals surface area contributed by atoms with E-state index in [9.17, 15) is 43.8 Å². The molecule has 0 heterocycles. The molecule has 0 aromatic heterocycles. The number of aliphatic carboxylic acids is 4. The lowest BCUT2D eigenvalue weighted by Crippen LogP contribution is -2.51. The largest absolute Gasteiger partial charge is 0.481 e. The van der Waals surface area contributed by atoms with Gasteiger partial charge in [-0.2, -0.15) is 0 Å². The number of rotatable bonds is 25.